The average molecular weight is 555 g/mol. The Morgan fingerprint density at radius 2 is 1.90 bits per heavy atom. The fourth-order valence-electron chi connectivity index (χ4n) is 2.56. The minimum atomic E-state index is -0.227. The number of amides is 1. The van der Waals surface area contributed by atoms with Gasteiger partial charge in [0.05, 0.1) is 31.4 Å². The number of benzene rings is 1. The van der Waals surface area contributed by atoms with Crippen LogP contribution in [0.15, 0.2) is 27.8 Å². The number of thiophene rings is 1. The number of rotatable bonds is 7. The van der Waals surface area contributed by atoms with Crippen molar-refractivity contribution in [3.63, 3.8) is 0 Å². The van der Waals surface area contributed by atoms with Crippen molar-refractivity contribution < 1.29 is 4.79 Å². The zero-order chi connectivity index (χ0) is 21.1. The number of anilines is 1. The molecule has 0 saturated heterocycles. The molecule has 0 aliphatic heterocycles. The predicted octanol–water partition coefficient (Wildman–Crippen LogP) is 7.04. The molecule has 0 unspecified atom stereocenters. The Labute approximate surface area is 200 Å². The summed E-state index contributed by atoms with van der Waals surface area (Å²) in [7, 11) is 0. The van der Waals surface area contributed by atoms with Crippen molar-refractivity contribution in [2.75, 3.05) is 11.1 Å². The van der Waals surface area contributed by atoms with Crippen molar-refractivity contribution in [2.24, 2.45) is 0 Å². The number of aryl methyl sites for hydroxylation is 1. The molecule has 3 rings (SSSR count). The lowest BCUT2D eigenvalue weighted by Gasteiger charge is -2.09. The van der Waals surface area contributed by atoms with Gasteiger partial charge in [0, 0.05) is 15.9 Å². The molecule has 5 nitrogen and oxygen atoms in total. The lowest BCUT2D eigenvalue weighted by atomic mass is 10.3. The first-order valence-electron chi connectivity index (χ1n) is 8.63. The standard InChI is InChI=1S/C18H16BrCl3N4OS2/c1-3-14-9(19)5-15(29-14)17-24-25-18(26(17)4-2)28-8-16(27)23-13-7-11(21)10(20)6-12(13)22/h5-7H,3-4,8H2,1-2H3,(H,23,27). The van der Waals surface area contributed by atoms with Gasteiger partial charge in [0.2, 0.25) is 5.91 Å². The van der Waals surface area contributed by atoms with Crippen LogP contribution in [0.1, 0.15) is 18.7 Å². The third-order valence-corrected chi connectivity index (χ3v) is 8.20. The molecule has 3 aromatic rings. The molecular formula is C18H16BrCl3N4OS2. The van der Waals surface area contributed by atoms with Gasteiger partial charge in [0.15, 0.2) is 11.0 Å². The predicted molar refractivity (Wildman–Crippen MR) is 127 cm³/mol. The molecule has 0 aliphatic rings. The molecule has 0 radical (unpaired) electrons. The van der Waals surface area contributed by atoms with E-state index in [1.54, 1.807) is 11.3 Å². The van der Waals surface area contributed by atoms with E-state index in [0.717, 1.165) is 21.6 Å². The number of aromatic nitrogens is 3. The highest BCUT2D eigenvalue weighted by atomic mass is 79.9. The molecule has 29 heavy (non-hydrogen) atoms. The molecule has 0 bridgehead atoms. The van der Waals surface area contributed by atoms with E-state index in [2.05, 4.69) is 44.4 Å². The molecule has 1 N–H and O–H groups in total. The number of carbonyl (C=O) groups excluding carboxylic acids is 1. The summed E-state index contributed by atoms with van der Waals surface area (Å²) in [5.41, 5.74) is 0.417. The van der Waals surface area contributed by atoms with E-state index >= 15 is 0 Å². The van der Waals surface area contributed by atoms with Gasteiger partial charge < -0.3 is 9.88 Å². The smallest absolute Gasteiger partial charge is 0.234 e. The second-order valence-corrected chi connectivity index (χ2v) is 10.0. The molecule has 2 aromatic heterocycles. The number of hydrogen-bond acceptors (Lipinski definition) is 5. The van der Waals surface area contributed by atoms with Crippen LogP contribution in [-0.4, -0.2) is 26.4 Å². The maximum atomic E-state index is 12.4. The number of carbonyl (C=O) groups is 1. The minimum absolute atomic E-state index is 0.156. The highest BCUT2D eigenvalue weighted by Gasteiger charge is 2.18. The van der Waals surface area contributed by atoms with E-state index in [4.69, 9.17) is 34.8 Å². The Bertz CT molecular complexity index is 1050. The molecule has 0 fully saturated rings. The topological polar surface area (TPSA) is 59.8 Å². The van der Waals surface area contributed by atoms with Crippen LogP contribution in [0, 0.1) is 0 Å². The van der Waals surface area contributed by atoms with Crippen LogP contribution in [0.5, 0.6) is 0 Å². The second kappa shape index (κ2) is 10.0. The molecular weight excluding hydrogens is 539 g/mol. The molecule has 0 saturated carbocycles. The zero-order valence-electron chi connectivity index (χ0n) is 15.4. The fourth-order valence-corrected chi connectivity index (χ4v) is 5.84. The van der Waals surface area contributed by atoms with Crippen molar-refractivity contribution in [1.29, 1.82) is 0 Å². The lowest BCUT2D eigenvalue weighted by molar-refractivity contribution is -0.113. The summed E-state index contributed by atoms with van der Waals surface area (Å²) in [6.07, 6.45) is 0.949. The normalized spacial score (nSPS) is 11.1. The number of nitrogens with zero attached hydrogens (tertiary/aromatic N) is 3. The van der Waals surface area contributed by atoms with Gasteiger partial charge in [0.1, 0.15) is 0 Å². The van der Waals surface area contributed by atoms with E-state index in [0.29, 0.717) is 32.5 Å². The quantitative estimate of drug-likeness (QED) is 0.251. The van der Waals surface area contributed by atoms with E-state index in [1.165, 1.54) is 28.8 Å². The number of hydrogen-bond donors (Lipinski definition) is 1. The van der Waals surface area contributed by atoms with Crippen molar-refractivity contribution in [2.45, 2.75) is 32.0 Å². The van der Waals surface area contributed by atoms with Crippen LogP contribution >= 0.6 is 73.8 Å². The van der Waals surface area contributed by atoms with E-state index in [9.17, 15) is 4.79 Å². The molecule has 11 heteroatoms. The van der Waals surface area contributed by atoms with Gasteiger partial charge in [-0.25, -0.2) is 0 Å². The van der Waals surface area contributed by atoms with Gasteiger partial charge in [-0.05, 0) is 47.5 Å². The molecule has 154 valence electrons. The maximum Gasteiger partial charge on any atom is 0.234 e. The van der Waals surface area contributed by atoms with Gasteiger partial charge in [-0.1, -0.05) is 53.5 Å². The number of nitrogens with one attached hydrogen (secondary N) is 1. The Balaban J connectivity index is 1.71. The fraction of sp³-hybridized carbons (Fsp3) is 0.278. The van der Waals surface area contributed by atoms with E-state index < -0.39 is 0 Å². The molecule has 1 amide bonds. The zero-order valence-corrected chi connectivity index (χ0v) is 20.9. The largest absolute Gasteiger partial charge is 0.324 e. The minimum Gasteiger partial charge on any atom is -0.324 e. The maximum absolute atomic E-state index is 12.4. The molecule has 0 atom stereocenters. The van der Waals surface area contributed by atoms with Crippen molar-refractivity contribution in [3.8, 4) is 10.7 Å². The Morgan fingerprint density at radius 1 is 1.17 bits per heavy atom. The van der Waals surface area contributed by atoms with Crippen LogP contribution in [0.2, 0.25) is 15.1 Å². The van der Waals surface area contributed by atoms with E-state index in [1.807, 2.05) is 11.5 Å². The summed E-state index contributed by atoms with van der Waals surface area (Å²) >= 11 is 24.6. The highest BCUT2D eigenvalue weighted by molar-refractivity contribution is 9.10. The Hall–Kier alpha value is -0.770. The summed E-state index contributed by atoms with van der Waals surface area (Å²) in [6, 6.07) is 5.09. The van der Waals surface area contributed by atoms with Crippen molar-refractivity contribution in [1.82, 2.24) is 14.8 Å². The van der Waals surface area contributed by atoms with Crippen LogP contribution in [0.4, 0.5) is 5.69 Å². The first-order valence-corrected chi connectivity index (χ1v) is 12.4. The van der Waals surface area contributed by atoms with Crippen LogP contribution in [0.25, 0.3) is 10.7 Å². The van der Waals surface area contributed by atoms with Crippen molar-refractivity contribution in [3.05, 3.63) is 42.6 Å². The van der Waals surface area contributed by atoms with Crippen LogP contribution < -0.4 is 5.32 Å². The van der Waals surface area contributed by atoms with E-state index in [-0.39, 0.29) is 11.7 Å². The average Bonchev–Trinajstić information content (AvgIpc) is 3.26. The molecule has 1 aromatic carbocycles. The first-order chi connectivity index (χ1) is 13.8. The third kappa shape index (κ3) is 5.29. The molecule has 0 aliphatic carbocycles. The Morgan fingerprint density at radius 3 is 2.55 bits per heavy atom. The summed E-state index contributed by atoms with van der Waals surface area (Å²) in [5, 5.41) is 13.0. The second-order valence-electron chi connectivity index (χ2n) is 5.87. The third-order valence-electron chi connectivity index (χ3n) is 3.95. The van der Waals surface area contributed by atoms with Gasteiger partial charge in [-0.3, -0.25) is 4.79 Å². The van der Waals surface area contributed by atoms with Crippen LogP contribution in [-0.2, 0) is 17.8 Å². The molecule has 0 spiro atoms. The SMILES string of the molecule is CCc1sc(-c2nnc(SCC(=O)Nc3cc(Cl)c(Cl)cc3Cl)n2CC)cc1Br. The highest BCUT2D eigenvalue weighted by Crippen LogP contribution is 2.36. The summed E-state index contributed by atoms with van der Waals surface area (Å²) in [4.78, 5) is 14.7. The van der Waals surface area contributed by atoms with Crippen LogP contribution in [0.3, 0.4) is 0 Å². The van der Waals surface area contributed by atoms with Gasteiger partial charge in [0.25, 0.3) is 0 Å². The number of thioether (sulfide) groups is 1. The lowest BCUT2D eigenvalue weighted by Crippen LogP contribution is -2.15. The first kappa shape index (κ1) is 22.9. The van der Waals surface area contributed by atoms with Gasteiger partial charge in [-0.2, -0.15) is 0 Å². The van der Waals surface area contributed by atoms with Gasteiger partial charge in [-0.15, -0.1) is 21.5 Å². The van der Waals surface area contributed by atoms with Gasteiger partial charge >= 0.3 is 0 Å². The summed E-state index contributed by atoms with van der Waals surface area (Å²) < 4.78 is 3.08. The Kier molecular flexibility index (Phi) is 7.92. The molecule has 2 heterocycles. The summed E-state index contributed by atoms with van der Waals surface area (Å²) in [5.74, 6) is 0.728. The number of halogens is 4. The monoisotopic (exact) mass is 552 g/mol. The van der Waals surface area contributed by atoms with Crippen molar-refractivity contribution >= 4 is 85.4 Å². The summed E-state index contributed by atoms with van der Waals surface area (Å²) in [6.45, 7) is 4.84.